The van der Waals surface area contributed by atoms with Gasteiger partial charge in [-0.15, -0.1) is 11.3 Å². The number of nitrogens with two attached hydrogens (primary N) is 1. The molecule has 9 heteroatoms. The molecule has 0 amide bonds. The molecule has 0 fully saturated rings. The van der Waals surface area contributed by atoms with Gasteiger partial charge < -0.3 is 16.0 Å². The molecule has 20 heavy (non-hydrogen) atoms. The van der Waals surface area contributed by atoms with Crippen molar-refractivity contribution in [3.8, 4) is 11.3 Å². The maximum absolute atomic E-state index is 11.1. The van der Waals surface area contributed by atoms with Crippen LogP contribution in [-0.2, 0) is 6.54 Å². The van der Waals surface area contributed by atoms with Crippen LogP contribution >= 0.6 is 34.2 Å². The van der Waals surface area contributed by atoms with E-state index >= 15 is 0 Å². The average molecular weight is 325 g/mol. The molecule has 6 nitrogen and oxygen atoms in total. The summed E-state index contributed by atoms with van der Waals surface area (Å²) in [5.41, 5.74) is 8.43. The summed E-state index contributed by atoms with van der Waals surface area (Å²) in [6.45, 7) is 2.48. The van der Waals surface area contributed by atoms with Gasteiger partial charge in [0.2, 0.25) is 0 Å². The minimum absolute atomic E-state index is 0.0547. The van der Waals surface area contributed by atoms with E-state index in [2.05, 4.69) is 19.7 Å². The summed E-state index contributed by atoms with van der Waals surface area (Å²) in [4.78, 5) is 18.2. The van der Waals surface area contributed by atoms with Crippen molar-refractivity contribution < 1.29 is 0 Å². The van der Waals surface area contributed by atoms with Crippen molar-refractivity contribution in [2.45, 2.75) is 13.5 Å². The Hall–Kier alpha value is -1.71. The van der Waals surface area contributed by atoms with Gasteiger partial charge >= 0.3 is 4.87 Å². The molecule has 0 saturated heterocycles. The van der Waals surface area contributed by atoms with E-state index in [1.807, 2.05) is 12.3 Å². The van der Waals surface area contributed by atoms with Gasteiger partial charge in [-0.1, -0.05) is 11.3 Å². The molecule has 3 heterocycles. The Labute approximate surface area is 126 Å². The number of hydrogen-bond donors (Lipinski definition) is 3. The fraction of sp³-hybridized carbons (Fsp3) is 0.182. The number of aromatic nitrogens is 3. The number of nitrogen functional groups attached to an aromatic ring is 1. The Bertz CT molecular complexity index is 784. The topological polar surface area (TPSA) is 96.7 Å². The fourth-order valence-corrected chi connectivity index (χ4v) is 3.63. The second-order valence-corrected chi connectivity index (χ2v) is 6.73. The number of nitrogens with one attached hydrogen (secondary N) is 2. The van der Waals surface area contributed by atoms with Crippen LogP contribution in [0.15, 0.2) is 15.6 Å². The van der Waals surface area contributed by atoms with E-state index in [-0.39, 0.29) is 4.87 Å². The highest BCUT2D eigenvalue weighted by Crippen LogP contribution is 2.37. The SMILES string of the molecule is Cc1nc(-c2c(N)nsc2NCc2csc(=O)[nH]2)cs1. The summed E-state index contributed by atoms with van der Waals surface area (Å²) in [5, 5.41) is 8.86. The van der Waals surface area contributed by atoms with Crippen molar-refractivity contribution in [2.75, 3.05) is 11.1 Å². The summed E-state index contributed by atoms with van der Waals surface area (Å²) in [6, 6.07) is 0. The van der Waals surface area contributed by atoms with Gasteiger partial charge in [0.05, 0.1) is 22.8 Å². The van der Waals surface area contributed by atoms with Gasteiger partial charge in [0.1, 0.15) is 10.8 Å². The van der Waals surface area contributed by atoms with Crippen LogP contribution in [0.1, 0.15) is 10.7 Å². The molecule has 0 aliphatic rings. The first-order chi connectivity index (χ1) is 9.63. The van der Waals surface area contributed by atoms with Crippen LogP contribution in [0, 0.1) is 6.92 Å². The summed E-state index contributed by atoms with van der Waals surface area (Å²) < 4.78 is 4.17. The van der Waals surface area contributed by atoms with Crippen molar-refractivity contribution in [3.63, 3.8) is 0 Å². The fourth-order valence-electron chi connectivity index (χ4n) is 1.72. The molecule has 3 aromatic heterocycles. The first kappa shape index (κ1) is 13.3. The standard InChI is InChI=1S/C11H11N5OS3/c1-5-14-7(4-18-5)8-9(12)16-20-10(8)13-2-6-3-19-11(17)15-6/h3-4,13H,2H2,1H3,(H2,12,16)(H,15,17). The molecule has 0 radical (unpaired) electrons. The maximum Gasteiger partial charge on any atom is 0.304 e. The molecule has 0 unspecified atom stereocenters. The number of thiazole rings is 2. The van der Waals surface area contributed by atoms with Gasteiger partial charge in [0.15, 0.2) is 0 Å². The highest BCUT2D eigenvalue weighted by molar-refractivity contribution is 7.11. The molecule has 0 spiro atoms. The molecule has 3 rings (SSSR count). The Morgan fingerprint density at radius 1 is 1.40 bits per heavy atom. The number of H-pyrrole nitrogens is 1. The number of anilines is 2. The predicted molar refractivity (Wildman–Crippen MR) is 84.6 cm³/mol. The van der Waals surface area contributed by atoms with E-state index in [9.17, 15) is 4.79 Å². The zero-order valence-corrected chi connectivity index (χ0v) is 12.9. The quantitative estimate of drug-likeness (QED) is 0.685. The largest absolute Gasteiger partial charge is 0.382 e. The minimum atomic E-state index is -0.0547. The van der Waals surface area contributed by atoms with Crippen LogP contribution in [0.4, 0.5) is 10.8 Å². The van der Waals surface area contributed by atoms with Crippen molar-refractivity contribution in [1.29, 1.82) is 0 Å². The third-order valence-corrected chi connectivity index (χ3v) is 4.91. The van der Waals surface area contributed by atoms with Crippen molar-refractivity contribution in [1.82, 2.24) is 14.3 Å². The Morgan fingerprint density at radius 3 is 2.90 bits per heavy atom. The normalized spacial score (nSPS) is 10.8. The molecule has 0 aliphatic carbocycles. The summed E-state index contributed by atoms with van der Waals surface area (Å²) in [7, 11) is 0. The van der Waals surface area contributed by atoms with Crippen molar-refractivity contribution >= 4 is 45.0 Å². The number of hydrogen-bond acceptors (Lipinski definition) is 8. The summed E-state index contributed by atoms with van der Waals surface area (Å²) in [6.07, 6.45) is 0. The lowest BCUT2D eigenvalue weighted by atomic mass is 10.2. The van der Waals surface area contributed by atoms with Crippen LogP contribution in [-0.4, -0.2) is 14.3 Å². The van der Waals surface area contributed by atoms with E-state index in [4.69, 9.17) is 5.73 Å². The van der Waals surface area contributed by atoms with Gasteiger partial charge in [-0.25, -0.2) is 4.98 Å². The molecule has 0 bridgehead atoms. The first-order valence-electron chi connectivity index (χ1n) is 5.71. The van der Waals surface area contributed by atoms with E-state index in [1.54, 1.807) is 16.7 Å². The number of rotatable bonds is 4. The number of aryl methyl sites for hydroxylation is 1. The summed E-state index contributed by atoms with van der Waals surface area (Å²) in [5.74, 6) is 0.474. The molecule has 0 aromatic carbocycles. The van der Waals surface area contributed by atoms with E-state index in [1.165, 1.54) is 11.5 Å². The molecule has 3 aromatic rings. The minimum Gasteiger partial charge on any atom is -0.382 e. The molecule has 0 saturated carbocycles. The zero-order valence-electron chi connectivity index (χ0n) is 10.5. The Kier molecular flexibility index (Phi) is 3.55. The average Bonchev–Trinajstić information content (AvgIpc) is 3.09. The third-order valence-electron chi connectivity index (χ3n) is 2.60. The first-order valence-corrected chi connectivity index (χ1v) is 8.25. The molecule has 0 aliphatic heterocycles. The molecular weight excluding hydrogens is 314 g/mol. The van der Waals surface area contributed by atoms with E-state index in [0.717, 1.165) is 38.3 Å². The molecule has 104 valence electrons. The lowest BCUT2D eigenvalue weighted by molar-refractivity contribution is 1.07. The maximum atomic E-state index is 11.1. The second-order valence-electron chi connectivity index (χ2n) is 4.05. The monoisotopic (exact) mass is 325 g/mol. The van der Waals surface area contributed by atoms with Crippen molar-refractivity contribution in [2.24, 2.45) is 0 Å². The molecule has 4 N–H and O–H groups in total. The van der Waals surface area contributed by atoms with Gasteiger partial charge in [-0.2, -0.15) is 4.37 Å². The molecule has 0 atom stereocenters. The van der Waals surface area contributed by atoms with Gasteiger partial charge in [0, 0.05) is 16.5 Å². The number of aromatic amines is 1. The highest BCUT2D eigenvalue weighted by Gasteiger charge is 2.16. The predicted octanol–water partition coefficient (Wildman–Crippen LogP) is 2.52. The third kappa shape index (κ3) is 2.60. The number of nitrogens with zero attached hydrogens (tertiary/aromatic N) is 2. The lowest BCUT2D eigenvalue weighted by Crippen LogP contribution is -2.02. The van der Waals surface area contributed by atoms with E-state index in [0.29, 0.717) is 12.4 Å². The smallest absolute Gasteiger partial charge is 0.304 e. The van der Waals surface area contributed by atoms with Crippen LogP contribution < -0.4 is 15.9 Å². The molecular formula is C11H11N5OS3. The van der Waals surface area contributed by atoms with E-state index < -0.39 is 0 Å². The summed E-state index contributed by atoms with van der Waals surface area (Å²) >= 11 is 4.02. The van der Waals surface area contributed by atoms with Crippen LogP contribution in [0.5, 0.6) is 0 Å². The van der Waals surface area contributed by atoms with Gasteiger partial charge in [-0.05, 0) is 18.5 Å². The van der Waals surface area contributed by atoms with Gasteiger partial charge in [0.25, 0.3) is 0 Å². The highest BCUT2D eigenvalue weighted by atomic mass is 32.1. The zero-order chi connectivity index (χ0) is 14.1. The van der Waals surface area contributed by atoms with Gasteiger partial charge in [-0.3, -0.25) is 4.79 Å². The van der Waals surface area contributed by atoms with Crippen molar-refractivity contribution in [3.05, 3.63) is 31.1 Å². The van der Waals surface area contributed by atoms with Crippen LogP contribution in [0.3, 0.4) is 0 Å². The Morgan fingerprint density at radius 2 is 2.25 bits per heavy atom. The lowest BCUT2D eigenvalue weighted by Gasteiger charge is -2.04. The Balaban J connectivity index is 1.85. The van der Waals surface area contributed by atoms with Crippen LogP contribution in [0.25, 0.3) is 11.3 Å². The second kappa shape index (κ2) is 5.35. The van der Waals surface area contributed by atoms with Crippen LogP contribution in [0.2, 0.25) is 0 Å².